The number of nitrogens with two attached hydrogens (primary N) is 1. The second-order valence-electron chi connectivity index (χ2n) is 8.48. The average Bonchev–Trinajstić information content (AvgIpc) is 3.09. The van der Waals surface area contributed by atoms with E-state index in [2.05, 4.69) is 4.90 Å². The Morgan fingerprint density at radius 3 is 2.29 bits per heavy atom. The minimum atomic E-state index is -4.79. The third kappa shape index (κ3) is 4.81. The van der Waals surface area contributed by atoms with Gasteiger partial charge in [0.2, 0.25) is 5.91 Å². The number of nitrogens with zero attached hydrogens (tertiary/aromatic N) is 3. The number of rotatable bonds is 8. The lowest BCUT2D eigenvalue weighted by Crippen LogP contribution is -2.32. The van der Waals surface area contributed by atoms with Crippen LogP contribution in [0.25, 0.3) is 21.8 Å². The quantitative estimate of drug-likeness (QED) is 0.401. The van der Waals surface area contributed by atoms with Crippen LogP contribution in [0.2, 0.25) is 0 Å². The van der Waals surface area contributed by atoms with Gasteiger partial charge in [-0.25, -0.2) is 4.79 Å². The summed E-state index contributed by atoms with van der Waals surface area (Å²) in [6.07, 6.45) is -4.79. The molecule has 4 aromatic rings. The van der Waals surface area contributed by atoms with Crippen molar-refractivity contribution < 1.29 is 18.0 Å². The molecule has 0 unspecified atom stereocenters. The lowest BCUT2D eigenvalue weighted by atomic mass is 10.1. The molecule has 184 valence electrons. The molecular weight excluding hydrogens is 457 g/mol. The van der Waals surface area contributed by atoms with Gasteiger partial charge in [0.25, 0.3) is 0 Å². The highest BCUT2D eigenvalue weighted by molar-refractivity contribution is 5.97. The maximum atomic E-state index is 14.2. The van der Waals surface area contributed by atoms with Crippen LogP contribution in [-0.2, 0) is 19.3 Å². The van der Waals surface area contributed by atoms with Gasteiger partial charge in [-0.1, -0.05) is 50.2 Å². The second kappa shape index (κ2) is 9.58. The Kier molecular flexibility index (Phi) is 6.71. The fourth-order valence-electron chi connectivity index (χ4n) is 4.48. The van der Waals surface area contributed by atoms with Crippen LogP contribution in [0.3, 0.4) is 0 Å². The van der Waals surface area contributed by atoms with Gasteiger partial charge in [0.05, 0.1) is 23.1 Å². The molecule has 3 aromatic carbocycles. The van der Waals surface area contributed by atoms with Crippen molar-refractivity contribution in [3.63, 3.8) is 0 Å². The smallest absolute Gasteiger partial charge is 0.366 e. The number of hydrogen-bond donors (Lipinski definition) is 1. The maximum absolute atomic E-state index is 14.2. The van der Waals surface area contributed by atoms with Gasteiger partial charge in [-0.3, -0.25) is 13.9 Å². The number of carbonyl (C=O) groups excluding carboxylic acids is 1. The Hall–Kier alpha value is -3.59. The van der Waals surface area contributed by atoms with E-state index in [0.29, 0.717) is 12.1 Å². The number of primary amides is 1. The highest BCUT2D eigenvalue weighted by Crippen LogP contribution is 2.36. The van der Waals surface area contributed by atoms with Crippen LogP contribution in [0.15, 0.2) is 59.4 Å². The van der Waals surface area contributed by atoms with Gasteiger partial charge in [-0.15, -0.1) is 0 Å². The van der Waals surface area contributed by atoms with Crippen molar-refractivity contribution in [2.45, 2.75) is 33.1 Å². The average molecular weight is 485 g/mol. The topological polar surface area (TPSA) is 73.3 Å². The summed E-state index contributed by atoms with van der Waals surface area (Å²) in [5, 5.41) is 1.92. The number of hydrogen-bond acceptors (Lipinski definition) is 3. The first-order valence-electron chi connectivity index (χ1n) is 11.5. The van der Waals surface area contributed by atoms with Crippen LogP contribution in [0, 0.1) is 0 Å². The summed E-state index contributed by atoms with van der Waals surface area (Å²) in [5.74, 6) is -0.984. The number of halogens is 3. The molecule has 6 nitrogen and oxygen atoms in total. The number of imidazole rings is 1. The molecule has 0 aliphatic rings. The Balaban J connectivity index is 1.94. The van der Waals surface area contributed by atoms with Crippen molar-refractivity contribution in [2.24, 2.45) is 5.73 Å². The SMILES string of the molecule is CCN(CC)CCn1c(=O)n(Cc2ccc3ccccc3c2)c2c(C(F)(F)F)cc(C(N)=O)cc21. The number of carbonyl (C=O) groups is 1. The van der Waals surface area contributed by atoms with Crippen LogP contribution >= 0.6 is 0 Å². The molecule has 0 fully saturated rings. The Morgan fingerprint density at radius 2 is 1.66 bits per heavy atom. The van der Waals surface area contributed by atoms with E-state index in [1.54, 1.807) is 6.07 Å². The van der Waals surface area contributed by atoms with Gasteiger partial charge in [-0.05, 0) is 47.6 Å². The zero-order valence-electron chi connectivity index (χ0n) is 19.6. The van der Waals surface area contributed by atoms with Gasteiger partial charge in [0.1, 0.15) is 0 Å². The van der Waals surface area contributed by atoms with E-state index in [0.717, 1.165) is 34.5 Å². The molecule has 1 heterocycles. The largest absolute Gasteiger partial charge is 0.418 e. The molecule has 0 aliphatic carbocycles. The number of fused-ring (bicyclic) bond motifs is 2. The van der Waals surface area contributed by atoms with E-state index < -0.39 is 23.3 Å². The summed E-state index contributed by atoms with van der Waals surface area (Å²) in [6.45, 7) is 6.04. The standard InChI is InChI=1S/C26H27F3N4O2/c1-3-31(4-2)11-12-32-22-15-20(24(30)34)14-21(26(27,28)29)23(22)33(25(32)35)16-17-9-10-18-7-5-6-8-19(18)13-17/h5-10,13-15H,3-4,11-12,16H2,1-2H3,(H2,30,34). The normalized spacial score (nSPS) is 12.2. The van der Waals surface area contributed by atoms with E-state index in [4.69, 9.17) is 5.73 Å². The summed E-state index contributed by atoms with van der Waals surface area (Å²) in [7, 11) is 0. The van der Waals surface area contributed by atoms with Gasteiger partial charge in [0, 0.05) is 18.7 Å². The van der Waals surface area contributed by atoms with Crippen molar-refractivity contribution in [2.75, 3.05) is 19.6 Å². The first-order chi connectivity index (χ1) is 16.6. The molecular formula is C26H27F3N4O2. The lowest BCUT2D eigenvalue weighted by molar-refractivity contribution is -0.136. The number of alkyl halides is 3. The van der Waals surface area contributed by atoms with E-state index in [1.165, 1.54) is 10.6 Å². The molecule has 1 aromatic heterocycles. The summed E-state index contributed by atoms with van der Waals surface area (Å²) in [5.41, 5.74) is 3.94. The third-order valence-corrected chi connectivity index (χ3v) is 6.39. The van der Waals surface area contributed by atoms with Gasteiger partial charge < -0.3 is 10.6 Å². The molecule has 0 spiro atoms. The molecule has 2 N–H and O–H groups in total. The van der Waals surface area contributed by atoms with Crippen LogP contribution in [0.4, 0.5) is 13.2 Å². The summed E-state index contributed by atoms with van der Waals surface area (Å²) < 4.78 is 45.0. The fraction of sp³-hybridized carbons (Fsp3) is 0.308. The highest BCUT2D eigenvalue weighted by Gasteiger charge is 2.36. The minimum Gasteiger partial charge on any atom is -0.366 e. The molecule has 0 atom stereocenters. The highest BCUT2D eigenvalue weighted by atomic mass is 19.4. The molecule has 0 radical (unpaired) electrons. The first kappa shape index (κ1) is 24.5. The van der Waals surface area contributed by atoms with Crippen LogP contribution in [-0.4, -0.2) is 39.6 Å². The Labute approximate surface area is 200 Å². The van der Waals surface area contributed by atoms with Gasteiger partial charge in [0.15, 0.2) is 0 Å². The second-order valence-corrected chi connectivity index (χ2v) is 8.48. The zero-order valence-corrected chi connectivity index (χ0v) is 19.6. The van der Waals surface area contributed by atoms with Crippen LogP contribution < -0.4 is 11.4 Å². The summed E-state index contributed by atoms with van der Waals surface area (Å²) >= 11 is 0. The van der Waals surface area contributed by atoms with Gasteiger partial charge in [-0.2, -0.15) is 13.2 Å². The van der Waals surface area contributed by atoms with E-state index in [1.807, 2.05) is 50.2 Å². The minimum absolute atomic E-state index is 0.0442. The molecule has 0 bridgehead atoms. The molecule has 35 heavy (non-hydrogen) atoms. The van der Waals surface area contributed by atoms with E-state index in [9.17, 15) is 22.8 Å². The number of amides is 1. The lowest BCUT2D eigenvalue weighted by Gasteiger charge is -2.18. The van der Waals surface area contributed by atoms with Gasteiger partial charge >= 0.3 is 11.9 Å². The van der Waals surface area contributed by atoms with Crippen molar-refractivity contribution in [1.29, 1.82) is 0 Å². The Morgan fingerprint density at radius 1 is 0.971 bits per heavy atom. The summed E-state index contributed by atoms with van der Waals surface area (Å²) in [4.78, 5) is 27.5. The molecule has 1 amide bonds. The molecule has 0 saturated heterocycles. The molecule has 9 heteroatoms. The first-order valence-corrected chi connectivity index (χ1v) is 11.5. The number of likely N-dealkylation sites (N-methyl/N-ethyl adjacent to an activating group) is 1. The van der Waals surface area contributed by atoms with Crippen molar-refractivity contribution in [3.05, 3.63) is 81.8 Å². The summed E-state index contributed by atoms with van der Waals surface area (Å²) in [6, 6.07) is 15.2. The fourth-order valence-corrected chi connectivity index (χ4v) is 4.48. The maximum Gasteiger partial charge on any atom is 0.418 e. The van der Waals surface area contributed by atoms with Crippen molar-refractivity contribution in [3.8, 4) is 0 Å². The molecule has 4 rings (SSSR count). The van der Waals surface area contributed by atoms with Crippen molar-refractivity contribution >= 4 is 27.7 Å². The van der Waals surface area contributed by atoms with Crippen LogP contribution in [0.1, 0.15) is 35.3 Å². The predicted molar refractivity (Wildman–Crippen MR) is 131 cm³/mol. The van der Waals surface area contributed by atoms with Crippen molar-refractivity contribution in [1.82, 2.24) is 14.0 Å². The monoisotopic (exact) mass is 484 g/mol. The van der Waals surface area contributed by atoms with Crippen LogP contribution in [0.5, 0.6) is 0 Å². The third-order valence-electron chi connectivity index (χ3n) is 6.39. The number of aromatic nitrogens is 2. The van der Waals surface area contributed by atoms with E-state index in [-0.39, 0.29) is 29.7 Å². The molecule has 0 aliphatic heterocycles. The number of benzene rings is 3. The van der Waals surface area contributed by atoms with E-state index >= 15 is 0 Å². The molecule has 0 saturated carbocycles. The Bertz CT molecular complexity index is 1450. The predicted octanol–water partition coefficient (Wildman–Crippen LogP) is 4.46. The zero-order chi connectivity index (χ0) is 25.3.